The van der Waals surface area contributed by atoms with Crippen molar-refractivity contribution in [2.75, 3.05) is 0 Å². The van der Waals surface area contributed by atoms with Crippen LogP contribution in [0.5, 0.6) is 0 Å². The Morgan fingerprint density at radius 3 is 1.03 bits per heavy atom. The molecule has 0 unspecified atom stereocenters. The van der Waals surface area contributed by atoms with Gasteiger partial charge in [-0.05, 0) is 171 Å². The number of hydrogen-bond acceptors (Lipinski definition) is 0. The Bertz CT molecular complexity index is 3300. The second kappa shape index (κ2) is 13.0. The Morgan fingerprint density at radius 2 is 0.581 bits per heavy atom. The monoisotopic (exact) mass is 792 g/mol. The molecule has 10 aromatic rings. The fourth-order valence-corrected chi connectivity index (χ4v) is 13.7. The summed E-state index contributed by atoms with van der Waals surface area (Å²) >= 11 is 0. The molecule has 0 N–H and O–H groups in total. The SMILES string of the molecule is c1ccc2c(c1)-c1ccc(-c3ccc4c5ccccc5c5c6cc(-c7ccc8c(c7)C7(CCCCC7)c7ccccc7-8)ccc6c6ccccc6c5c4c3)cc1C21CCCCC1. The minimum absolute atomic E-state index is 0.132. The highest BCUT2D eigenvalue weighted by atomic mass is 14.5. The molecule has 4 aliphatic rings. The fraction of sp³-hybridized carbons (Fsp3) is 0.194. The molecular weight excluding hydrogens is 745 g/mol. The van der Waals surface area contributed by atoms with Crippen molar-refractivity contribution in [2.45, 2.75) is 75.0 Å². The summed E-state index contributed by atoms with van der Waals surface area (Å²) in [7, 11) is 0. The van der Waals surface area contributed by atoms with Gasteiger partial charge in [-0.1, -0.05) is 184 Å². The minimum Gasteiger partial charge on any atom is -0.0619 e. The first-order valence-electron chi connectivity index (χ1n) is 23.4. The van der Waals surface area contributed by atoms with Crippen LogP contribution in [0.2, 0.25) is 0 Å². The van der Waals surface area contributed by atoms with Gasteiger partial charge in [0, 0.05) is 10.8 Å². The van der Waals surface area contributed by atoms with E-state index < -0.39 is 0 Å². The first kappa shape index (κ1) is 35.1. The van der Waals surface area contributed by atoms with Crippen LogP contribution in [-0.2, 0) is 10.8 Å². The van der Waals surface area contributed by atoms with Gasteiger partial charge in [-0.25, -0.2) is 0 Å². The molecule has 0 atom stereocenters. The zero-order valence-corrected chi connectivity index (χ0v) is 35.2. The van der Waals surface area contributed by atoms with Gasteiger partial charge in [0.2, 0.25) is 0 Å². The average Bonchev–Trinajstić information content (AvgIpc) is 3.76. The molecule has 0 radical (unpaired) electrons. The molecule has 14 rings (SSSR count). The summed E-state index contributed by atoms with van der Waals surface area (Å²) in [6.07, 6.45) is 12.9. The Labute approximate surface area is 363 Å². The average molecular weight is 793 g/mol. The largest absolute Gasteiger partial charge is 0.0619 e. The molecule has 2 spiro atoms. The van der Waals surface area contributed by atoms with E-state index in [1.807, 2.05) is 0 Å². The molecule has 296 valence electrons. The Balaban J connectivity index is 1.01. The Kier molecular flexibility index (Phi) is 7.37. The summed E-state index contributed by atoms with van der Waals surface area (Å²) in [5, 5.41) is 13.4. The maximum Gasteiger partial charge on any atom is 0.0215 e. The molecule has 10 aromatic carbocycles. The first-order valence-corrected chi connectivity index (χ1v) is 23.4. The molecule has 0 amide bonds. The van der Waals surface area contributed by atoms with Crippen molar-refractivity contribution < 1.29 is 0 Å². The van der Waals surface area contributed by atoms with Gasteiger partial charge >= 0.3 is 0 Å². The molecule has 0 aliphatic heterocycles. The van der Waals surface area contributed by atoms with Gasteiger partial charge in [-0.3, -0.25) is 0 Å². The van der Waals surface area contributed by atoms with Crippen molar-refractivity contribution in [1.29, 1.82) is 0 Å². The topological polar surface area (TPSA) is 0 Å². The van der Waals surface area contributed by atoms with E-state index in [-0.39, 0.29) is 10.8 Å². The lowest BCUT2D eigenvalue weighted by Crippen LogP contribution is -2.28. The Hall–Kier alpha value is -6.50. The molecule has 0 nitrogen and oxygen atoms in total. The zero-order valence-electron chi connectivity index (χ0n) is 35.2. The highest BCUT2D eigenvalue weighted by Crippen LogP contribution is 2.58. The van der Waals surface area contributed by atoms with Crippen molar-refractivity contribution in [3.63, 3.8) is 0 Å². The van der Waals surface area contributed by atoms with E-state index in [0.717, 1.165) is 0 Å². The smallest absolute Gasteiger partial charge is 0.0215 e. The molecular formula is C62H48. The van der Waals surface area contributed by atoms with Crippen molar-refractivity contribution in [3.8, 4) is 44.5 Å². The fourth-order valence-electron chi connectivity index (χ4n) is 13.7. The van der Waals surface area contributed by atoms with E-state index in [4.69, 9.17) is 0 Å². The van der Waals surface area contributed by atoms with E-state index in [1.54, 1.807) is 22.3 Å². The van der Waals surface area contributed by atoms with Gasteiger partial charge in [0.1, 0.15) is 0 Å². The molecule has 0 heterocycles. The van der Waals surface area contributed by atoms with Gasteiger partial charge in [0.25, 0.3) is 0 Å². The standard InChI is InChI=1S/C62H48/c1-11-31-61(32-12-1)55-21-9-7-17-47(55)49-29-25-41(37-57(49)61)39-23-27-45-43-15-3-6-20-52(43)60-54-36-40(24-28-46(54)44-16-4-5-19-51(44)59(60)53(45)35-39)42-26-30-50-48-18-8-10-22-56(48)62(58(50)38-42)33-13-2-14-34-62/h3-10,15-30,35-38H,1-2,11-14,31-34H2. The number of fused-ring (bicyclic) bond motifs is 21. The molecule has 0 saturated heterocycles. The molecule has 4 aliphatic carbocycles. The number of rotatable bonds is 2. The van der Waals surface area contributed by atoms with Crippen LogP contribution in [0.15, 0.2) is 170 Å². The van der Waals surface area contributed by atoms with E-state index in [2.05, 4.69) is 170 Å². The van der Waals surface area contributed by atoms with E-state index in [9.17, 15) is 0 Å². The summed E-state index contributed by atoms with van der Waals surface area (Å²) in [6, 6.07) is 66.4. The van der Waals surface area contributed by atoms with Crippen LogP contribution in [0.25, 0.3) is 98.4 Å². The summed E-state index contributed by atoms with van der Waals surface area (Å²) < 4.78 is 0. The third-order valence-electron chi connectivity index (χ3n) is 16.4. The normalized spacial score (nSPS) is 17.0. The molecule has 62 heavy (non-hydrogen) atoms. The maximum atomic E-state index is 2.58. The van der Waals surface area contributed by atoms with Gasteiger partial charge in [-0.2, -0.15) is 0 Å². The molecule has 0 aromatic heterocycles. The van der Waals surface area contributed by atoms with Crippen molar-refractivity contribution in [2.24, 2.45) is 0 Å². The summed E-state index contributed by atoms with van der Waals surface area (Å²) in [5.74, 6) is 0. The highest BCUT2D eigenvalue weighted by molar-refractivity contribution is 6.39. The predicted molar refractivity (Wildman–Crippen MR) is 263 cm³/mol. The quantitative estimate of drug-likeness (QED) is 0.153. The zero-order chi connectivity index (χ0) is 40.6. The predicted octanol–water partition coefficient (Wildman–Crippen LogP) is 17.2. The molecule has 2 fully saturated rings. The van der Waals surface area contributed by atoms with E-state index in [1.165, 1.54) is 163 Å². The van der Waals surface area contributed by atoms with E-state index >= 15 is 0 Å². The molecule has 0 bridgehead atoms. The number of hydrogen-bond donors (Lipinski definition) is 0. The van der Waals surface area contributed by atoms with Gasteiger partial charge in [0.15, 0.2) is 0 Å². The first-order chi connectivity index (χ1) is 30.7. The lowest BCUT2D eigenvalue weighted by molar-refractivity contribution is 0.353. The summed E-state index contributed by atoms with van der Waals surface area (Å²) in [5.41, 5.74) is 17.5. The van der Waals surface area contributed by atoms with Crippen molar-refractivity contribution in [1.82, 2.24) is 0 Å². The van der Waals surface area contributed by atoms with Crippen LogP contribution in [0.4, 0.5) is 0 Å². The molecule has 2 saturated carbocycles. The maximum absolute atomic E-state index is 2.58. The lowest BCUT2D eigenvalue weighted by Gasteiger charge is -2.36. The third-order valence-corrected chi connectivity index (χ3v) is 16.4. The van der Waals surface area contributed by atoms with Crippen LogP contribution in [0, 0.1) is 0 Å². The van der Waals surface area contributed by atoms with Crippen molar-refractivity contribution >= 4 is 53.9 Å². The van der Waals surface area contributed by atoms with Crippen molar-refractivity contribution in [3.05, 3.63) is 192 Å². The van der Waals surface area contributed by atoms with Crippen LogP contribution in [0.3, 0.4) is 0 Å². The Morgan fingerprint density at radius 1 is 0.242 bits per heavy atom. The van der Waals surface area contributed by atoms with Crippen LogP contribution >= 0.6 is 0 Å². The van der Waals surface area contributed by atoms with Gasteiger partial charge in [-0.15, -0.1) is 0 Å². The number of benzene rings is 10. The van der Waals surface area contributed by atoms with Gasteiger partial charge in [0.05, 0.1) is 0 Å². The summed E-state index contributed by atoms with van der Waals surface area (Å²) in [4.78, 5) is 0. The highest BCUT2D eigenvalue weighted by Gasteiger charge is 2.45. The second-order valence-corrected chi connectivity index (χ2v) is 19.3. The molecule has 0 heteroatoms. The van der Waals surface area contributed by atoms with Crippen LogP contribution in [0.1, 0.15) is 86.5 Å². The summed E-state index contributed by atoms with van der Waals surface area (Å²) in [6.45, 7) is 0. The third kappa shape index (κ3) is 4.68. The van der Waals surface area contributed by atoms with Gasteiger partial charge < -0.3 is 0 Å². The van der Waals surface area contributed by atoms with E-state index in [0.29, 0.717) is 0 Å². The minimum atomic E-state index is 0.132. The second-order valence-electron chi connectivity index (χ2n) is 19.3. The van der Waals surface area contributed by atoms with Crippen LogP contribution in [-0.4, -0.2) is 0 Å². The van der Waals surface area contributed by atoms with Crippen LogP contribution < -0.4 is 0 Å². The lowest BCUT2D eigenvalue weighted by atomic mass is 9.67.